The fraction of sp³-hybridized carbons (Fsp3) is 0.985. The van der Waals surface area contributed by atoms with Crippen LogP contribution in [0.2, 0.25) is 0 Å². The Bertz CT molecular complexity index is 3250. The predicted molar refractivity (Wildman–Crippen MR) is 374 cm³/mol. The monoisotopic (exact) mass is 1840 g/mol. The highest BCUT2D eigenvalue weighted by Crippen LogP contribution is 2.42. The zero-order valence-corrected chi connectivity index (χ0v) is 65.7. The van der Waals surface area contributed by atoms with Crippen LogP contribution in [0.4, 0.5) is 0 Å². The summed E-state index contributed by atoms with van der Waals surface area (Å²) >= 11 is 0. The predicted octanol–water partition coefficient (Wildman–Crippen LogP) is -24.8. The molecule has 125 heavy (non-hydrogen) atoms. The molecule has 55 atom stereocenters. The Hall–Kier alpha value is -2.73. The van der Waals surface area contributed by atoms with Crippen molar-refractivity contribution in [2.24, 2.45) is 0 Å². The molecule has 11 aliphatic rings. The van der Waals surface area contributed by atoms with Crippen molar-refractivity contribution < 1.29 is 278 Å². The molecule has 11 aliphatic heterocycles. The molecule has 0 radical (unpaired) electrons. The Kier molecular flexibility index (Phi) is 36.7. The van der Waals surface area contributed by atoms with Crippen molar-refractivity contribution in [1.82, 2.24) is 5.32 Å². The highest BCUT2D eigenvalue weighted by Gasteiger charge is 2.63. The van der Waals surface area contributed by atoms with Crippen LogP contribution in [0.15, 0.2) is 0 Å². The summed E-state index contributed by atoms with van der Waals surface area (Å²) in [4.78, 5) is 12.4. The van der Waals surface area contributed by atoms with E-state index in [1.807, 2.05) is 0 Å². The zero-order chi connectivity index (χ0) is 91.7. The van der Waals surface area contributed by atoms with E-state index < -0.39 is 416 Å². The highest BCUT2D eigenvalue weighted by molar-refractivity contribution is 5.73. The van der Waals surface area contributed by atoms with Gasteiger partial charge in [-0.2, -0.15) is 0 Å². The molecule has 0 aromatic rings. The number of ether oxygens (including phenoxy) is 21. The Balaban J connectivity index is 0.860. The molecule has 0 aromatic heterocycles. The van der Waals surface area contributed by atoms with Crippen LogP contribution in [0.1, 0.15) is 6.92 Å². The van der Waals surface area contributed by atoms with Crippen molar-refractivity contribution in [2.75, 3.05) is 72.7 Å². The van der Waals surface area contributed by atoms with E-state index >= 15 is 0 Å². The van der Waals surface area contributed by atoms with Gasteiger partial charge in [0.15, 0.2) is 69.2 Å². The molecule has 0 spiro atoms. The van der Waals surface area contributed by atoms with E-state index in [-0.39, 0.29) is 0 Å². The second kappa shape index (κ2) is 44.6. The first-order valence-electron chi connectivity index (χ1n) is 39.7. The number of carbonyl (C=O) groups excluding carboxylic acids is 1. The third-order valence-electron chi connectivity index (χ3n) is 23.4. The molecule has 11 saturated heterocycles. The Morgan fingerprint density at radius 3 is 0.704 bits per heavy atom. The van der Waals surface area contributed by atoms with Crippen molar-refractivity contribution in [3.05, 3.63) is 0 Å². The van der Waals surface area contributed by atoms with Gasteiger partial charge in [0.1, 0.15) is 269 Å². The first-order chi connectivity index (χ1) is 59.3. The number of hydrogen-bond acceptors (Lipinski definition) is 56. The van der Waals surface area contributed by atoms with Crippen molar-refractivity contribution in [1.29, 1.82) is 0 Å². The van der Waals surface area contributed by atoms with Gasteiger partial charge in [-0.15, -0.1) is 0 Å². The standard InChI is InChI=1S/C68H115NO56/c1-13(80)69-25-36(91)49(23(11-79)106-58(25)104)117-64-48(103)53(35(90)24(116-64)12-105-59-45(100)50(32(87)20(8-76)107-59)119-65-54(39(94)28(83)16(4-72)112-65)122-60-43(98)37(92)26(81)14(2-70)108-60)121-67-57(42(97)31(86)18(6-74)114-67)125-68-56(41(96)30(85)19(7-75)115-68)124-63-46(101)51(33(88)21(9-77)111-63)118-62-47(102)52(34(89)22(10-78)110-62)120-66-55(40(95)29(84)17(5-73)113-66)123-61-44(99)38(93)27(82)15(3-71)109-61/h14-68,70-79,81-104H,2-12H2,1H3,(H,69,80)/t14-,15-,16-,17-,18-,19-,20-,21-,22-,23-,24-,25-,26-,27-,28-,29-,30-,31-,32-,33-,34-,35-,36-,37+,38+,39+,40+,41+,42+,43+,44-,45+,46+,47-,48+,49-,50+,51+,52+,53+,54+,55-,56+,57+,58?,59+,60-,61-,62-,63-,64+,65-,66-,67-,68-/m1/s1. The fourth-order valence-electron chi connectivity index (χ4n) is 16.1. The van der Waals surface area contributed by atoms with Gasteiger partial charge in [0.25, 0.3) is 0 Å². The second-order valence-corrected chi connectivity index (χ2v) is 31.6. The zero-order valence-electron chi connectivity index (χ0n) is 65.7. The first-order valence-corrected chi connectivity index (χ1v) is 39.7. The van der Waals surface area contributed by atoms with Gasteiger partial charge in [0.05, 0.1) is 72.7 Å². The molecule has 57 nitrogen and oxygen atoms in total. The highest BCUT2D eigenvalue weighted by atomic mass is 16.8. The van der Waals surface area contributed by atoms with E-state index in [1.54, 1.807) is 0 Å². The van der Waals surface area contributed by atoms with Gasteiger partial charge >= 0.3 is 0 Å². The molecule has 1 amide bonds. The summed E-state index contributed by atoms with van der Waals surface area (Å²) in [5, 5.41) is 379. The summed E-state index contributed by atoms with van der Waals surface area (Å²) in [6.07, 6.45) is -118. The lowest BCUT2D eigenvalue weighted by Gasteiger charge is -2.51. The van der Waals surface area contributed by atoms with Gasteiger partial charge in [0, 0.05) is 6.92 Å². The SMILES string of the molecule is CC(=O)N[C@H]1C(O)O[C@H](CO)[C@@H](O[C@@H]2O[C@H](CO[C@H]3O[C@H](CO)[C@@H](O)[C@H](O[C@H]4O[C@H](CO)[C@@H](O)[C@H](O)[C@@H]4O[C@H]4O[C@H](CO)[C@@H](O)[C@H](O)[C@@H]4O)[C@@H]3O)[C@@H](O)[C@H](O[C@H]3O[C@H](CO)[C@@H](O)[C@H](O)[C@@H]3O[C@H]3O[C@H](CO)[C@@H](O)[C@H](O)[C@@H]3O[C@H]3O[C@H](CO)[C@@H](O)[C@H](O[C@H]4O[C@H](CO)[C@@H](O)[C@H](O[C@H]5O[C@H](CO)[C@@H](O)[C@H](O)[C@H]5O[C@H]5O[C@H](CO)[C@@H](O)[C@H](O)[C@H]5O)[C@H]4O)[C@@H]3O)[C@@H]2O)[C@@H]1O. The maximum absolute atomic E-state index is 12.5. The molecule has 11 heterocycles. The van der Waals surface area contributed by atoms with Gasteiger partial charge in [0.2, 0.25) is 5.91 Å². The number of amides is 1. The van der Waals surface area contributed by atoms with Crippen LogP contribution < -0.4 is 5.32 Å². The van der Waals surface area contributed by atoms with E-state index in [0.29, 0.717) is 0 Å². The van der Waals surface area contributed by atoms with E-state index in [1.165, 1.54) is 0 Å². The van der Waals surface area contributed by atoms with Crippen LogP contribution in [-0.4, -0.2) is 590 Å². The molecule has 0 aromatic carbocycles. The molecule has 0 aliphatic carbocycles. The van der Waals surface area contributed by atoms with Crippen LogP contribution in [0, 0.1) is 0 Å². The number of hydrogen-bond donors (Lipinski definition) is 35. The third-order valence-corrected chi connectivity index (χ3v) is 23.4. The summed E-state index contributed by atoms with van der Waals surface area (Å²) in [5.41, 5.74) is 0. The molecule has 35 N–H and O–H groups in total. The maximum Gasteiger partial charge on any atom is 0.217 e. The molecule has 0 saturated carbocycles. The van der Waals surface area contributed by atoms with Gasteiger partial charge < -0.3 is 278 Å². The van der Waals surface area contributed by atoms with Crippen LogP contribution in [0.5, 0.6) is 0 Å². The van der Waals surface area contributed by atoms with Gasteiger partial charge in [-0.05, 0) is 0 Å². The lowest BCUT2D eigenvalue weighted by atomic mass is 9.94. The largest absolute Gasteiger partial charge is 0.394 e. The molecular weight excluding hydrogens is 1730 g/mol. The van der Waals surface area contributed by atoms with Crippen molar-refractivity contribution in [2.45, 2.75) is 345 Å². The molecule has 1 unspecified atom stereocenters. The second-order valence-electron chi connectivity index (χ2n) is 31.6. The van der Waals surface area contributed by atoms with E-state index in [4.69, 9.17) is 99.5 Å². The molecular formula is C68H115NO56. The topological polar surface area (TPSA) is 911 Å². The summed E-state index contributed by atoms with van der Waals surface area (Å²) in [6.45, 7) is -11.6. The normalized spacial score (nSPS) is 52.7. The maximum atomic E-state index is 12.5. The van der Waals surface area contributed by atoms with Gasteiger partial charge in [-0.25, -0.2) is 0 Å². The molecule has 57 heteroatoms. The first kappa shape index (κ1) is 103. The van der Waals surface area contributed by atoms with E-state index in [9.17, 15) is 178 Å². The number of carbonyl (C=O) groups is 1. The summed E-state index contributed by atoms with van der Waals surface area (Å²) in [6, 6.07) is -1.80. The Labute approximate surface area is 704 Å². The molecule has 0 bridgehead atoms. The van der Waals surface area contributed by atoms with Gasteiger partial charge in [-0.3, -0.25) is 4.79 Å². The minimum atomic E-state index is -2.58. The van der Waals surface area contributed by atoms with E-state index in [0.717, 1.165) is 6.92 Å². The van der Waals surface area contributed by atoms with Crippen molar-refractivity contribution >= 4 is 5.91 Å². The minimum Gasteiger partial charge on any atom is -0.394 e. The summed E-state index contributed by atoms with van der Waals surface area (Å²) < 4.78 is 122. The van der Waals surface area contributed by atoms with Crippen molar-refractivity contribution in [3.8, 4) is 0 Å². The molecule has 728 valence electrons. The van der Waals surface area contributed by atoms with E-state index in [2.05, 4.69) is 5.32 Å². The lowest BCUT2D eigenvalue weighted by molar-refractivity contribution is -0.413. The van der Waals surface area contributed by atoms with Crippen LogP contribution >= 0.6 is 0 Å². The third kappa shape index (κ3) is 21.7. The molecule has 11 rings (SSSR count). The fourth-order valence-corrected chi connectivity index (χ4v) is 16.1. The Morgan fingerprint density at radius 1 is 0.208 bits per heavy atom. The van der Waals surface area contributed by atoms with Gasteiger partial charge in [-0.1, -0.05) is 0 Å². The quantitative estimate of drug-likeness (QED) is 0.0297. The average molecular weight is 1840 g/mol. The minimum absolute atomic E-state index is 0.879. The summed E-state index contributed by atoms with van der Waals surface area (Å²) in [5.74, 6) is -0.879. The average Bonchev–Trinajstić information content (AvgIpc) is 0.768. The van der Waals surface area contributed by atoms with Crippen molar-refractivity contribution in [3.63, 3.8) is 0 Å². The van der Waals surface area contributed by atoms with Crippen LogP contribution in [0.25, 0.3) is 0 Å². The summed E-state index contributed by atoms with van der Waals surface area (Å²) in [7, 11) is 0. The van der Waals surface area contributed by atoms with Crippen LogP contribution in [-0.2, 0) is 104 Å². The van der Waals surface area contributed by atoms with Crippen LogP contribution in [0.3, 0.4) is 0 Å². The number of nitrogens with one attached hydrogen (secondary N) is 1. The number of aliphatic hydroxyl groups is 34. The Morgan fingerprint density at radius 2 is 0.416 bits per heavy atom. The lowest BCUT2D eigenvalue weighted by Crippen LogP contribution is -2.69. The molecule has 11 fully saturated rings. The number of rotatable bonds is 32. The smallest absolute Gasteiger partial charge is 0.217 e. The number of aliphatic hydroxyl groups excluding tert-OH is 34.